The molecular weight excluding hydrogens is 287 g/mol. The van der Waals surface area contributed by atoms with E-state index in [1.165, 1.54) is 28.9 Å². The van der Waals surface area contributed by atoms with Crippen LogP contribution in [-0.4, -0.2) is 20.9 Å². The predicted octanol–water partition coefficient (Wildman–Crippen LogP) is 3.28. The Balaban J connectivity index is 1.73. The quantitative estimate of drug-likeness (QED) is 0.790. The Bertz CT molecular complexity index is 807. The Labute approximate surface area is 125 Å². The third-order valence-corrected chi connectivity index (χ3v) is 4.80. The normalized spacial score (nSPS) is 14.7. The first kappa shape index (κ1) is 12.8. The molecule has 108 valence electrons. The molecule has 0 saturated carbocycles. The average molecular weight is 302 g/mol. The van der Waals surface area contributed by atoms with Crippen LogP contribution in [-0.2, 0) is 19.4 Å². The van der Waals surface area contributed by atoms with Crippen molar-refractivity contribution in [1.29, 1.82) is 0 Å². The molecule has 0 radical (unpaired) electrons. The summed E-state index contributed by atoms with van der Waals surface area (Å²) in [5, 5.41) is 1.94. The molecule has 3 aromatic rings. The summed E-state index contributed by atoms with van der Waals surface area (Å²) in [6, 6.07) is 4.93. The van der Waals surface area contributed by atoms with E-state index in [0.717, 1.165) is 47.8 Å². The average Bonchev–Trinajstić information content (AvgIpc) is 3.10. The summed E-state index contributed by atoms with van der Waals surface area (Å²) in [6.07, 6.45) is 1.78. The molecule has 0 saturated heterocycles. The van der Waals surface area contributed by atoms with Gasteiger partial charge in [0.2, 0.25) is 5.13 Å². The van der Waals surface area contributed by atoms with Crippen LogP contribution < -0.4 is 4.90 Å². The minimum absolute atomic E-state index is 0.189. The molecule has 1 aliphatic rings. The Morgan fingerprint density at radius 3 is 3.14 bits per heavy atom. The van der Waals surface area contributed by atoms with Crippen LogP contribution in [0.4, 0.5) is 9.52 Å². The zero-order valence-electron chi connectivity index (χ0n) is 11.7. The number of H-pyrrole nitrogens is 1. The molecule has 6 heteroatoms. The van der Waals surface area contributed by atoms with Crippen molar-refractivity contribution >= 4 is 27.6 Å². The predicted molar refractivity (Wildman–Crippen MR) is 82.3 cm³/mol. The lowest BCUT2D eigenvalue weighted by molar-refractivity contribution is 0.629. The van der Waals surface area contributed by atoms with E-state index < -0.39 is 0 Å². The van der Waals surface area contributed by atoms with Crippen LogP contribution in [0.1, 0.15) is 24.0 Å². The highest BCUT2D eigenvalue weighted by atomic mass is 32.1. The van der Waals surface area contributed by atoms with Gasteiger partial charge in [-0.3, -0.25) is 0 Å². The monoisotopic (exact) mass is 302 g/mol. The van der Waals surface area contributed by atoms with Crippen molar-refractivity contribution in [2.24, 2.45) is 0 Å². The van der Waals surface area contributed by atoms with Crippen molar-refractivity contribution in [2.45, 2.75) is 26.3 Å². The maximum atomic E-state index is 13.5. The van der Waals surface area contributed by atoms with Crippen LogP contribution >= 0.6 is 11.5 Å². The van der Waals surface area contributed by atoms with Crippen molar-refractivity contribution in [1.82, 2.24) is 14.3 Å². The van der Waals surface area contributed by atoms with Gasteiger partial charge in [-0.1, -0.05) is 6.92 Å². The van der Waals surface area contributed by atoms with Gasteiger partial charge >= 0.3 is 0 Å². The first-order chi connectivity index (χ1) is 10.2. The van der Waals surface area contributed by atoms with E-state index in [-0.39, 0.29) is 5.82 Å². The van der Waals surface area contributed by atoms with Crippen molar-refractivity contribution in [3.63, 3.8) is 0 Å². The van der Waals surface area contributed by atoms with Crippen molar-refractivity contribution in [3.05, 3.63) is 41.1 Å². The molecule has 0 spiro atoms. The van der Waals surface area contributed by atoms with E-state index in [1.807, 2.05) is 6.07 Å². The van der Waals surface area contributed by atoms with Gasteiger partial charge in [0.25, 0.3) is 0 Å². The molecule has 0 aliphatic carbocycles. The molecule has 0 atom stereocenters. The van der Waals surface area contributed by atoms with Gasteiger partial charge in [-0.15, -0.1) is 0 Å². The van der Waals surface area contributed by atoms with Gasteiger partial charge in [0.15, 0.2) is 0 Å². The molecule has 4 rings (SSSR count). The van der Waals surface area contributed by atoms with Gasteiger partial charge in [0, 0.05) is 59.6 Å². The zero-order chi connectivity index (χ0) is 14.4. The van der Waals surface area contributed by atoms with Crippen LogP contribution in [0, 0.1) is 5.82 Å². The highest BCUT2D eigenvalue weighted by molar-refractivity contribution is 7.09. The number of aryl methyl sites for hydroxylation is 1. The van der Waals surface area contributed by atoms with E-state index in [2.05, 4.69) is 26.2 Å². The fourth-order valence-electron chi connectivity index (χ4n) is 2.87. The van der Waals surface area contributed by atoms with Gasteiger partial charge in [0.05, 0.1) is 0 Å². The number of halogens is 1. The second-order valence-corrected chi connectivity index (χ2v) is 6.02. The van der Waals surface area contributed by atoms with Gasteiger partial charge < -0.3 is 9.88 Å². The third-order valence-electron chi connectivity index (χ3n) is 3.98. The SMILES string of the molecule is CCc1nsc(N2CCc3[nH]c4ccc(F)cc4c3C2)n1. The van der Waals surface area contributed by atoms with Gasteiger partial charge in [-0.05, 0) is 18.2 Å². The lowest BCUT2D eigenvalue weighted by atomic mass is 10.0. The minimum Gasteiger partial charge on any atom is -0.358 e. The van der Waals surface area contributed by atoms with Crippen LogP contribution in [0.15, 0.2) is 18.2 Å². The van der Waals surface area contributed by atoms with Crippen LogP contribution in [0.3, 0.4) is 0 Å². The summed E-state index contributed by atoms with van der Waals surface area (Å²) in [5.74, 6) is 0.705. The maximum absolute atomic E-state index is 13.5. The molecule has 21 heavy (non-hydrogen) atoms. The van der Waals surface area contributed by atoms with E-state index in [4.69, 9.17) is 0 Å². The second kappa shape index (κ2) is 4.80. The Morgan fingerprint density at radius 2 is 2.33 bits per heavy atom. The number of fused-ring (bicyclic) bond motifs is 3. The molecule has 0 fully saturated rings. The van der Waals surface area contributed by atoms with Gasteiger partial charge in [-0.25, -0.2) is 9.37 Å². The Kier molecular flexibility index (Phi) is 2.92. The number of nitrogens with zero attached hydrogens (tertiary/aromatic N) is 3. The molecule has 0 bridgehead atoms. The first-order valence-electron chi connectivity index (χ1n) is 7.11. The summed E-state index contributed by atoms with van der Waals surface area (Å²) in [7, 11) is 0. The van der Waals surface area contributed by atoms with E-state index in [0.29, 0.717) is 0 Å². The number of benzene rings is 1. The number of rotatable bonds is 2. The highest BCUT2D eigenvalue weighted by Crippen LogP contribution is 2.31. The molecule has 2 aromatic heterocycles. The Morgan fingerprint density at radius 1 is 1.43 bits per heavy atom. The summed E-state index contributed by atoms with van der Waals surface area (Å²) in [6.45, 7) is 3.74. The molecule has 1 aromatic carbocycles. The molecule has 1 aliphatic heterocycles. The fraction of sp³-hybridized carbons (Fsp3) is 0.333. The number of hydrogen-bond acceptors (Lipinski definition) is 4. The molecule has 0 amide bonds. The number of aromatic amines is 1. The van der Waals surface area contributed by atoms with E-state index >= 15 is 0 Å². The third kappa shape index (κ3) is 2.10. The van der Waals surface area contributed by atoms with Crippen LogP contribution in [0.25, 0.3) is 10.9 Å². The number of nitrogens with one attached hydrogen (secondary N) is 1. The topological polar surface area (TPSA) is 44.8 Å². The lowest BCUT2D eigenvalue weighted by Gasteiger charge is -2.26. The smallest absolute Gasteiger partial charge is 0.205 e. The van der Waals surface area contributed by atoms with E-state index in [9.17, 15) is 4.39 Å². The fourth-order valence-corrected chi connectivity index (χ4v) is 3.64. The Hall–Kier alpha value is -1.95. The largest absolute Gasteiger partial charge is 0.358 e. The maximum Gasteiger partial charge on any atom is 0.205 e. The minimum atomic E-state index is -0.189. The van der Waals surface area contributed by atoms with Crippen molar-refractivity contribution in [3.8, 4) is 0 Å². The summed E-state index contributed by atoms with van der Waals surface area (Å²) in [4.78, 5) is 10.2. The van der Waals surface area contributed by atoms with Crippen LogP contribution in [0.5, 0.6) is 0 Å². The van der Waals surface area contributed by atoms with Crippen molar-refractivity contribution < 1.29 is 4.39 Å². The number of hydrogen-bond donors (Lipinski definition) is 1. The summed E-state index contributed by atoms with van der Waals surface area (Å²) >= 11 is 1.45. The number of aromatic nitrogens is 3. The molecular formula is C15H15FN4S. The molecule has 0 unspecified atom stereocenters. The molecule has 1 N–H and O–H groups in total. The van der Waals surface area contributed by atoms with Gasteiger partial charge in [0.1, 0.15) is 11.6 Å². The van der Waals surface area contributed by atoms with E-state index in [1.54, 1.807) is 6.07 Å². The highest BCUT2D eigenvalue weighted by Gasteiger charge is 2.23. The molecule has 4 nitrogen and oxygen atoms in total. The summed E-state index contributed by atoms with van der Waals surface area (Å²) < 4.78 is 17.9. The number of anilines is 1. The second-order valence-electron chi connectivity index (χ2n) is 5.29. The zero-order valence-corrected chi connectivity index (χ0v) is 12.5. The summed E-state index contributed by atoms with van der Waals surface area (Å²) in [5.41, 5.74) is 3.41. The standard InChI is InChI=1S/C15H15FN4S/c1-2-14-18-15(21-19-14)20-6-5-13-11(8-20)10-7-9(16)3-4-12(10)17-13/h3-4,7,17H,2,5-6,8H2,1H3. The first-order valence-corrected chi connectivity index (χ1v) is 7.88. The lowest BCUT2D eigenvalue weighted by Crippen LogP contribution is -2.29. The molecule has 3 heterocycles. The van der Waals surface area contributed by atoms with Gasteiger partial charge in [-0.2, -0.15) is 4.37 Å². The van der Waals surface area contributed by atoms with Crippen molar-refractivity contribution in [2.75, 3.05) is 11.4 Å². The van der Waals surface area contributed by atoms with Crippen LogP contribution in [0.2, 0.25) is 0 Å².